The summed E-state index contributed by atoms with van der Waals surface area (Å²) in [7, 11) is 3.29. The number of ether oxygens (including phenoxy) is 2. The first-order valence-electron chi connectivity index (χ1n) is 8.07. The maximum atomic E-state index is 13.0. The molecular weight excluding hydrogens is 304 g/mol. The predicted octanol–water partition coefficient (Wildman–Crippen LogP) is 2.63. The number of amides is 1. The van der Waals surface area contributed by atoms with Crippen molar-refractivity contribution >= 4 is 11.6 Å². The summed E-state index contributed by atoms with van der Waals surface area (Å²) in [5, 5.41) is 6.55. The van der Waals surface area contributed by atoms with Gasteiger partial charge in [0.2, 0.25) is 5.91 Å². The first kappa shape index (κ1) is 15.0. The molecule has 2 aliphatic heterocycles. The number of hydrogen-bond donors (Lipinski definition) is 2. The SMILES string of the molecule is COc1ccc(OC)c([C@@H]2NCC[C@]23C(=O)Nc2ccccc23)c1. The molecule has 5 heteroatoms. The molecule has 0 aromatic heterocycles. The molecule has 2 heterocycles. The summed E-state index contributed by atoms with van der Waals surface area (Å²) in [6, 6.07) is 13.5. The molecule has 24 heavy (non-hydrogen) atoms. The van der Waals surface area contributed by atoms with Crippen molar-refractivity contribution in [2.75, 3.05) is 26.1 Å². The van der Waals surface area contributed by atoms with Gasteiger partial charge in [-0.15, -0.1) is 0 Å². The number of methoxy groups -OCH3 is 2. The van der Waals surface area contributed by atoms with Crippen molar-refractivity contribution in [3.8, 4) is 11.5 Å². The highest BCUT2D eigenvalue weighted by molar-refractivity contribution is 6.07. The summed E-state index contributed by atoms with van der Waals surface area (Å²) in [5.74, 6) is 1.55. The van der Waals surface area contributed by atoms with Crippen molar-refractivity contribution in [1.82, 2.24) is 5.32 Å². The van der Waals surface area contributed by atoms with Gasteiger partial charge < -0.3 is 20.1 Å². The third-order valence-electron chi connectivity index (χ3n) is 5.17. The Bertz CT molecular complexity index is 805. The molecule has 2 aromatic rings. The van der Waals surface area contributed by atoms with Crippen molar-refractivity contribution in [1.29, 1.82) is 0 Å². The van der Waals surface area contributed by atoms with Crippen LogP contribution >= 0.6 is 0 Å². The lowest BCUT2D eigenvalue weighted by molar-refractivity contribution is -0.121. The third-order valence-corrected chi connectivity index (χ3v) is 5.17. The van der Waals surface area contributed by atoms with Gasteiger partial charge in [-0.1, -0.05) is 18.2 Å². The van der Waals surface area contributed by atoms with Crippen LogP contribution in [0.3, 0.4) is 0 Å². The number of carbonyl (C=O) groups is 1. The molecule has 0 saturated carbocycles. The Kier molecular flexibility index (Phi) is 3.46. The molecule has 2 aliphatic rings. The normalized spacial score (nSPS) is 24.8. The lowest BCUT2D eigenvalue weighted by Gasteiger charge is -2.30. The van der Waals surface area contributed by atoms with E-state index in [0.29, 0.717) is 0 Å². The summed E-state index contributed by atoms with van der Waals surface area (Å²) < 4.78 is 10.9. The number of carbonyl (C=O) groups excluding carboxylic acids is 1. The van der Waals surface area contributed by atoms with Crippen LogP contribution in [0.25, 0.3) is 0 Å². The van der Waals surface area contributed by atoms with Gasteiger partial charge in [-0.3, -0.25) is 4.79 Å². The highest BCUT2D eigenvalue weighted by Crippen LogP contribution is 2.52. The van der Waals surface area contributed by atoms with Crippen LogP contribution in [0, 0.1) is 0 Å². The van der Waals surface area contributed by atoms with E-state index in [1.165, 1.54) is 0 Å². The number of anilines is 1. The van der Waals surface area contributed by atoms with E-state index in [9.17, 15) is 4.79 Å². The Morgan fingerprint density at radius 2 is 1.96 bits per heavy atom. The third kappa shape index (κ3) is 1.94. The van der Waals surface area contributed by atoms with Crippen LogP contribution in [0.2, 0.25) is 0 Å². The molecule has 2 N–H and O–H groups in total. The number of fused-ring (bicyclic) bond motifs is 2. The molecule has 124 valence electrons. The number of benzene rings is 2. The Morgan fingerprint density at radius 3 is 2.75 bits per heavy atom. The second kappa shape index (κ2) is 5.53. The first-order valence-corrected chi connectivity index (χ1v) is 8.07. The van der Waals surface area contributed by atoms with E-state index in [2.05, 4.69) is 10.6 Å². The van der Waals surface area contributed by atoms with E-state index in [1.807, 2.05) is 42.5 Å². The standard InChI is InChI=1S/C19H20N2O3/c1-23-12-7-8-16(24-2)13(11-12)17-19(9-10-20-17)14-5-3-4-6-15(14)21-18(19)22/h3-8,11,17,20H,9-10H2,1-2H3,(H,21,22)/t17-,19+/m0/s1. The summed E-state index contributed by atoms with van der Waals surface area (Å²) in [6.45, 7) is 0.771. The number of nitrogens with one attached hydrogen (secondary N) is 2. The maximum absolute atomic E-state index is 13.0. The molecule has 1 fully saturated rings. The van der Waals surface area contributed by atoms with Gasteiger partial charge in [0.1, 0.15) is 11.5 Å². The van der Waals surface area contributed by atoms with Crippen molar-refractivity contribution in [3.63, 3.8) is 0 Å². The minimum Gasteiger partial charge on any atom is -0.497 e. The van der Waals surface area contributed by atoms with Gasteiger partial charge in [0.15, 0.2) is 0 Å². The molecule has 5 nitrogen and oxygen atoms in total. The van der Waals surface area contributed by atoms with Crippen LogP contribution in [-0.2, 0) is 10.2 Å². The van der Waals surface area contributed by atoms with E-state index in [4.69, 9.17) is 9.47 Å². The average molecular weight is 324 g/mol. The lowest BCUT2D eigenvalue weighted by atomic mass is 9.72. The second-order valence-corrected chi connectivity index (χ2v) is 6.22. The molecule has 4 rings (SSSR count). The van der Waals surface area contributed by atoms with Gasteiger partial charge in [0, 0.05) is 11.3 Å². The Morgan fingerprint density at radius 1 is 1.12 bits per heavy atom. The molecule has 0 radical (unpaired) electrons. The first-order chi connectivity index (χ1) is 11.7. The maximum Gasteiger partial charge on any atom is 0.237 e. The lowest BCUT2D eigenvalue weighted by Crippen LogP contribution is -2.39. The van der Waals surface area contributed by atoms with Gasteiger partial charge in [-0.2, -0.15) is 0 Å². The summed E-state index contributed by atoms with van der Waals surface area (Å²) in [4.78, 5) is 13.0. The molecular formula is C19H20N2O3. The van der Waals surface area contributed by atoms with Crippen LogP contribution in [0.5, 0.6) is 11.5 Å². The summed E-state index contributed by atoms with van der Waals surface area (Å²) >= 11 is 0. The van der Waals surface area contributed by atoms with Gasteiger partial charge in [-0.25, -0.2) is 0 Å². The Hall–Kier alpha value is -2.53. The Labute approximate surface area is 141 Å². The van der Waals surface area contributed by atoms with Crippen molar-refractivity contribution in [2.45, 2.75) is 17.9 Å². The van der Waals surface area contributed by atoms with Gasteiger partial charge in [-0.05, 0) is 42.8 Å². The number of para-hydroxylation sites is 1. The number of hydrogen-bond acceptors (Lipinski definition) is 4. The van der Waals surface area contributed by atoms with Crippen molar-refractivity contribution in [3.05, 3.63) is 53.6 Å². The molecule has 1 saturated heterocycles. The van der Waals surface area contributed by atoms with Crippen LogP contribution in [0.1, 0.15) is 23.6 Å². The average Bonchev–Trinajstić information content (AvgIpc) is 3.18. The van der Waals surface area contributed by atoms with E-state index in [-0.39, 0.29) is 11.9 Å². The topological polar surface area (TPSA) is 59.6 Å². The zero-order valence-electron chi connectivity index (χ0n) is 13.8. The zero-order chi connectivity index (χ0) is 16.7. The van der Waals surface area contributed by atoms with Crippen molar-refractivity contribution in [2.24, 2.45) is 0 Å². The molecule has 0 aliphatic carbocycles. The minimum atomic E-state index is -0.615. The summed E-state index contributed by atoms with van der Waals surface area (Å²) in [6.07, 6.45) is 0.751. The van der Waals surface area contributed by atoms with Gasteiger partial charge in [0.25, 0.3) is 0 Å². The Balaban J connectivity index is 1.89. The van der Waals surface area contributed by atoms with Gasteiger partial charge in [0.05, 0.1) is 25.7 Å². The zero-order valence-corrected chi connectivity index (χ0v) is 13.8. The van der Waals surface area contributed by atoms with E-state index in [1.54, 1.807) is 14.2 Å². The monoisotopic (exact) mass is 324 g/mol. The molecule has 0 bridgehead atoms. The smallest absolute Gasteiger partial charge is 0.237 e. The minimum absolute atomic E-state index is 0.0450. The highest BCUT2D eigenvalue weighted by atomic mass is 16.5. The molecule has 0 unspecified atom stereocenters. The molecule has 1 spiro atoms. The van der Waals surface area contributed by atoms with Crippen molar-refractivity contribution < 1.29 is 14.3 Å². The van der Waals surface area contributed by atoms with E-state index in [0.717, 1.165) is 41.3 Å². The van der Waals surface area contributed by atoms with Crippen LogP contribution in [-0.4, -0.2) is 26.7 Å². The molecule has 2 aromatic carbocycles. The van der Waals surface area contributed by atoms with E-state index >= 15 is 0 Å². The number of rotatable bonds is 3. The van der Waals surface area contributed by atoms with Crippen LogP contribution in [0.15, 0.2) is 42.5 Å². The predicted molar refractivity (Wildman–Crippen MR) is 91.7 cm³/mol. The molecule has 2 atom stereocenters. The highest BCUT2D eigenvalue weighted by Gasteiger charge is 2.55. The van der Waals surface area contributed by atoms with Crippen LogP contribution in [0.4, 0.5) is 5.69 Å². The van der Waals surface area contributed by atoms with E-state index < -0.39 is 5.41 Å². The fraction of sp³-hybridized carbons (Fsp3) is 0.316. The molecule has 1 amide bonds. The fourth-order valence-corrected chi connectivity index (χ4v) is 4.04. The summed E-state index contributed by atoms with van der Waals surface area (Å²) in [5.41, 5.74) is 2.28. The van der Waals surface area contributed by atoms with Crippen LogP contribution < -0.4 is 20.1 Å². The van der Waals surface area contributed by atoms with Gasteiger partial charge >= 0.3 is 0 Å². The largest absolute Gasteiger partial charge is 0.497 e. The quantitative estimate of drug-likeness (QED) is 0.911. The fourth-order valence-electron chi connectivity index (χ4n) is 4.04. The second-order valence-electron chi connectivity index (χ2n) is 6.22.